The number of rotatable bonds is 6. The number of benzene rings is 1. The minimum atomic E-state index is 0.0339. The number of nitrogens with one attached hydrogen (secondary N) is 3. The van der Waals surface area contributed by atoms with Crippen LogP contribution in [0.3, 0.4) is 0 Å². The second-order valence-electron chi connectivity index (χ2n) is 6.53. The highest BCUT2D eigenvalue weighted by atomic mass is 16.5. The summed E-state index contributed by atoms with van der Waals surface area (Å²) in [5.74, 6) is 2.14. The highest BCUT2D eigenvalue weighted by Gasteiger charge is 2.14. The Morgan fingerprint density at radius 3 is 2.85 bits per heavy atom. The molecule has 0 amide bonds. The number of methoxy groups -OCH3 is 1. The van der Waals surface area contributed by atoms with Crippen molar-refractivity contribution in [3.63, 3.8) is 0 Å². The first-order valence-electron chi connectivity index (χ1n) is 8.70. The molecule has 3 rings (SSSR count). The zero-order valence-corrected chi connectivity index (χ0v) is 16.3. The summed E-state index contributed by atoms with van der Waals surface area (Å²) in [5.41, 5.74) is 2.61. The van der Waals surface area contributed by atoms with Crippen LogP contribution in [-0.4, -0.2) is 60.0 Å². The van der Waals surface area contributed by atoms with Gasteiger partial charge in [0.05, 0.1) is 13.7 Å². The average Bonchev–Trinajstić information content (AvgIpc) is 3.08. The standard InChI is InChI=1S/C18H26N8O/c1-12-8-16(19-2)23-18(21-12)22-13-6-7-15(27-5)14(9-13)26-11-20-17(24-26)10-25(3)4/h6-9,11,16,19H,10H2,1-5H3,(H2,21,22,23). The second-order valence-corrected chi connectivity index (χ2v) is 6.53. The Hall–Kier alpha value is -2.91. The topological polar surface area (TPSA) is 91.6 Å². The highest BCUT2D eigenvalue weighted by Crippen LogP contribution is 2.26. The third-order valence-electron chi connectivity index (χ3n) is 3.98. The van der Waals surface area contributed by atoms with Crippen LogP contribution in [0.1, 0.15) is 12.7 Å². The van der Waals surface area contributed by atoms with E-state index in [-0.39, 0.29) is 6.17 Å². The van der Waals surface area contributed by atoms with Crippen LogP contribution < -0.4 is 20.7 Å². The maximum atomic E-state index is 5.49. The van der Waals surface area contributed by atoms with Crippen LogP contribution in [0.2, 0.25) is 0 Å². The molecule has 144 valence electrons. The fourth-order valence-corrected chi connectivity index (χ4v) is 2.75. The molecule has 3 N–H and O–H groups in total. The quantitative estimate of drug-likeness (QED) is 0.703. The Bertz CT molecular complexity index is 855. The molecule has 1 aliphatic rings. The number of aromatic nitrogens is 3. The molecule has 9 heteroatoms. The summed E-state index contributed by atoms with van der Waals surface area (Å²) in [6, 6.07) is 5.79. The first-order valence-corrected chi connectivity index (χ1v) is 8.70. The van der Waals surface area contributed by atoms with Gasteiger partial charge in [-0.2, -0.15) is 0 Å². The number of hydrogen-bond donors (Lipinski definition) is 3. The van der Waals surface area contributed by atoms with E-state index in [0.29, 0.717) is 18.3 Å². The molecular formula is C18H26N8O. The van der Waals surface area contributed by atoms with Gasteiger partial charge in [0, 0.05) is 11.4 Å². The maximum Gasteiger partial charge on any atom is 0.202 e. The van der Waals surface area contributed by atoms with Crippen molar-refractivity contribution in [1.82, 2.24) is 30.3 Å². The molecule has 0 radical (unpaired) electrons. The average molecular weight is 370 g/mol. The number of hydrogen-bond acceptors (Lipinski definition) is 8. The lowest BCUT2D eigenvalue weighted by Gasteiger charge is -2.23. The van der Waals surface area contributed by atoms with Crippen molar-refractivity contribution in [2.75, 3.05) is 33.6 Å². The van der Waals surface area contributed by atoms with Crippen LogP contribution in [0, 0.1) is 0 Å². The summed E-state index contributed by atoms with van der Waals surface area (Å²) in [6.07, 6.45) is 3.75. The molecule has 1 unspecified atom stereocenters. The van der Waals surface area contributed by atoms with Crippen LogP contribution >= 0.6 is 0 Å². The van der Waals surface area contributed by atoms with Gasteiger partial charge in [-0.1, -0.05) is 0 Å². The molecule has 0 fully saturated rings. The molecule has 2 aromatic rings. The fourth-order valence-electron chi connectivity index (χ4n) is 2.75. The number of nitrogens with zero attached hydrogens (tertiary/aromatic N) is 5. The fraction of sp³-hybridized carbons (Fsp3) is 0.389. The SMILES string of the molecule is CNC1C=C(C)N=C(Nc2ccc(OC)c(-n3cnc(CN(C)C)n3)c2)N1. The Kier molecular flexibility index (Phi) is 5.72. The van der Waals surface area contributed by atoms with E-state index in [9.17, 15) is 0 Å². The molecule has 0 saturated carbocycles. The molecule has 9 nitrogen and oxygen atoms in total. The van der Waals surface area contributed by atoms with Crippen molar-refractivity contribution in [2.24, 2.45) is 4.99 Å². The van der Waals surface area contributed by atoms with E-state index in [2.05, 4.69) is 31.0 Å². The van der Waals surface area contributed by atoms with Gasteiger partial charge in [-0.05, 0) is 52.3 Å². The molecule has 1 atom stereocenters. The predicted octanol–water partition coefficient (Wildman–Crippen LogP) is 1.16. The Balaban J connectivity index is 1.86. The number of ether oxygens (including phenoxy) is 1. The molecule has 0 aliphatic carbocycles. The van der Waals surface area contributed by atoms with Crippen molar-refractivity contribution < 1.29 is 4.74 Å². The van der Waals surface area contributed by atoms with Crippen LogP contribution in [-0.2, 0) is 6.54 Å². The van der Waals surface area contributed by atoms with Crippen LogP contribution in [0.25, 0.3) is 5.69 Å². The van der Waals surface area contributed by atoms with E-state index in [4.69, 9.17) is 4.74 Å². The maximum absolute atomic E-state index is 5.49. The Morgan fingerprint density at radius 1 is 1.33 bits per heavy atom. The Morgan fingerprint density at radius 2 is 2.15 bits per heavy atom. The Labute approximate surface area is 159 Å². The monoisotopic (exact) mass is 370 g/mol. The molecule has 2 heterocycles. The lowest BCUT2D eigenvalue weighted by molar-refractivity contribution is 0.389. The molecular weight excluding hydrogens is 344 g/mol. The molecule has 0 spiro atoms. The van der Waals surface area contributed by atoms with Crippen molar-refractivity contribution in [2.45, 2.75) is 19.6 Å². The molecule has 1 aliphatic heterocycles. The summed E-state index contributed by atoms with van der Waals surface area (Å²) in [5, 5.41) is 14.3. The molecule has 1 aromatic heterocycles. The lowest BCUT2D eigenvalue weighted by atomic mass is 10.2. The number of guanidine groups is 1. The van der Waals surface area contributed by atoms with Crippen LogP contribution in [0.5, 0.6) is 5.75 Å². The molecule has 1 aromatic carbocycles. The van der Waals surface area contributed by atoms with Gasteiger partial charge >= 0.3 is 0 Å². The van der Waals surface area contributed by atoms with Gasteiger partial charge in [-0.25, -0.2) is 14.7 Å². The van der Waals surface area contributed by atoms with E-state index in [1.54, 1.807) is 18.1 Å². The first kappa shape index (κ1) is 18.9. The van der Waals surface area contributed by atoms with Crippen molar-refractivity contribution >= 4 is 11.6 Å². The zero-order chi connectivity index (χ0) is 19.4. The van der Waals surface area contributed by atoms with Gasteiger partial charge in [0.1, 0.15) is 23.9 Å². The summed E-state index contributed by atoms with van der Waals surface area (Å²) >= 11 is 0. The summed E-state index contributed by atoms with van der Waals surface area (Å²) in [7, 11) is 7.51. The summed E-state index contributed by atoms with van der Waals surface area (Å²) < 4.78 is 7.22. The molecule has 0 saturated heterocycles. The van der Waals surface area contributed by atoms with E-state index in [1.807, 2.05) is 57.2 Å². The van der Waals surface area contributed by atoms with E-state index >= 15 is 0 Å². The number of likely N-dealkylation sites (N-methyl/N-ethyl adjacent to an activating group) is 1. The van der Waals surface area contributed by atoms with Crippen LogP contribution in [0.15, 0.2) is 41.3 Å². The van der Waals surface area contributed by atoms with Crippen LogP contribution in [0.4, 0.5) is 5.69 Å². The number of aliphatic imine (C=N–C) groups is 1. The summed E-state index contributed by atoms with van der Waals surface area (Å²) in [6.45, 7) is 2.64. The third kappa shape index (κ3) is 4.63. The van der Waals surface area contributed by atoms with Gasteiger partial charge in [0.15, 0.2) is 5.82 Å². The van der Waals surface area contributed by atoms with E-state index in [1.165, 1.54) is 0 Å². The molecule has 27 heavy (non-hydrogen) atoms. The van der Waals surface area contributed by atoms with Gasteiger partial charge in [0.25, 0.3) is 0 Å². The van der Waals surface area contributed by atoms with Crippen molar-refractivity contribution in [1.29, 1.82) is 0 Å². The summed E-state index contributed by atoms with van der Waals surface area (Å²) in [4.78, 5) is 10.9. The van der Waals surface area contributed by atoms with Gasteiger partial charge in [-0.15, -0.1) is 5.10 Å². The third-order valence-corrected chi connectivity index (χ3v) is 3.98. The minimum absolute atomic E-state index is 0.0339. The second kappa shape index (κ2) is 8.19. The first-order chi connectivity index (χ1) is 13.0. The van der Waals surface area contributed by atoms with Gasteiger partial charge in [-0.3, -0.25) is 5.32 Å². The van der Waals surface area contributed by atoms with Gasteiger partial charge in [0.2, 0.25) is 5.96 Å². The van der Waals surface area contributed by atoms with E-state index < -0.39 is 0 Å². The van der Waals surface area contributed by atoms with E-state index in [0.717, 1.165) is 22.9 Å². The molecule has 0 bridgehead atoms. The zero-order valence-electron chi connectivity index (χ0n) is 16.3. The van der Waals surface area contributed by atoms with Crippen molar-refractivity contribution in [3.05, 3.63) is 42.1 Å². The number of anilines is 1. The van der Waals surface area contributed by atoms with Crippen molar-refractivity contribution in [3.8, 4) is 11.4 Å². The predicted molar refractivity (Wildman–Crippen MR) is 106 cm³/mol. The lowest BCUT2D eigenvalue weighted by Crippen LogP contribution is -2.47. The largest absolute Gasteiger partial charge is 0.494 e. The normalized spacial score (nSPS) is 16.6. The van der Waals surface area contributed by atoms with Gasteiger partial charge < -0.3 is 20.3 Å². The highest BCUT2D eigenvalue weighted by molar-refractivity contribution is 5.95. The minimum Gasteiger partial charge on any atom is -0.494 e. The smallest absolute Gasteiger partial charge is 0.202 e. The number of allylic oxidation sites excluding steroid dienone is 1.